The molecule has 9 heteroatoms. The van der Waals surface area contributed by atoms with E-state index in [0.29, 0.717) is 23.3 Å². The number of nitrogens with zero attached hydrogens (tertiary/aromatic N) is 2. The van der Waals surface area contributed by atoms with Gasteiger partial charge in [-0.05, 0) is 17.7 Å². The summed E-state index contributed by atoms with van der Waals surface area (Å²) in [4.78, 5) is 21.1. The predicted octanol–water partition coefficient (Wildman–Crippen LogP) is 4.02. The molecule has 0 spiro atoms. The lowest BCUT2D eigenvalue weighted by Crippen LogP contribution is -2.27. The van der Waals surface area contributed by atoms with Crippen LogP contribution in [0.4, 0.5) is 8.78 Å². The highest BCUT2D eigenvalue weighted by Gasteiger charge is 2.21. The molecule has 1 aromatic heterocycles. The molecule has 0 aliphatic rings. The van der Waals surface area contributed by atoms with Crippen molar-refractivity contribution in [2.45, 2.75) is 5.25 Å². The second-order valence-corrected chi connectivity index (χ2v) is 7.54. The molecule has 0 saturated heterocycles. The van der Waals surface area contributed by atoms with E-state index in [1.54, 1.807) is 6.07 Å². The Balaban J connectivity index is 1.73. The van der Waals surface area contributed by atoms with Crippen LogP contribution < -0.4 is 14.8 Å². The highest BCUT2D eigenvalue weighted by Crippen LogP contribution is 2.35. The molecule has 0 bridgehead atoms. The lowest BCUT2D eigenvalue weighted by Gasteiger charge is -2.17. The zero-order chi connectivity index (χ0) is 22.2. The highest BCUT2D eigenvalue weighted by molar-refractivity contribution is 7.99. The summed E-state index contributed by atoms with van der Waals surface area (Å²) in [5.74, 6) is -0.929. The SMILES string of the molecule is COc1cc(OC)nc([C@H](SCCNC(=O)c2c(F)cccc2F)c2ccccc2)n1. The lowest BCUT2D eigenvalue weighted by atomic mass is 10.1. The molecule has 3 rings (SSSR count). The van der Waals surface area contributed by atoms with Crippen LogP contribution in [-0.4, -0.2) is 42.4 Å². The average Bonchev–Trinajstić information content (AvgIpc) is 2.79. The van der Waals surface area contributed by atoms with Crippen LogP contribution in [0.2, 0.25) is 0 Å². The molecule has 0 saturated carbocycles. The molecule has 1 amide bonds. The van der Waals surface area contributed by atoms with Gasteiger partial charge in [0.25, 0.3) is 5.91 Å². The molecule has 1 heterocycles. The second kappa shape index (κ2) is 10.7. The Morgan fingerprint density at radius 1 is 1.00 bits per heavy atom. The third-order valence-electron chi connectivity index (χ3n) is 4.31. The quantitative estimate of drug-likeness (QED) is 0.502. The van der Waals surface area contributed by atoms with Gasteiger partial charge in [-0.3, -0.25) is 4.79 Å². The van der Waals surface area contributed by atoms with E-state index in [-0.39, 0.29) is 11.8 Å². The van der Waals surface area contributed by atoms with Gasteiger partial charge in [0.05, 0.1) is 25.5 Å². The third-order valence-corrected chi connectivity index (χ3v) is 5.57. The summed E-state index contributed by atoms with van der Waals surface area (Å²) in [7, 11) is 3.02. The fraction of sp³-hybridized carbons (Fsp3) is 0.227. The third kappa shape index (κ3) is 5.69. The van der Waals surface area contributed by atoms with E-state index >= 15 is 0 Å². The number of hydrogen-bond acceptors (Lipinski definition) is 6. The number of nitrogens with one attached hydrogen (secondary N) is 1. The van der Waals surface area contributed by atoms with Crippen molar-refractivity contribution >= 4 is 17.7 Å². The number of rotatable bonds is 9. The molecule has 3 aromatic rings. The minimum absolute atomic E-state index is 0.196. The first-order valence-electron chi connectivity index (χ1n) is 9.39. The molecular weight excluding hydrogens is 424 g/mol. The molecule has 0 aliphatic heterocycles. The van der Waals surface area contributed by atoms with Gasteiger partial charge in [-0.15, -0.1) is 11.8 Å². The maximum absolute atomic E-state index is 13.8. The van der Waals surface area contributed by atoms with Gasteiger partial charge >= 0.3 is 0 Å². The minimum Gasteiger partial charge on any atom is -0.481 e. The van der Waals surface area contributed by atoms with Gasteiger partial charge < -0.3 is 14.8 Å². The summed E-state index contributed by atoms with van der Waals surface area (Å²) in [5, 5.41) is 2.28. The molecule has 31 heavy (non-hydrogen) atoms. The number of aromatic nitrogens is 2. The zero-order valence-corrected chi connectivity index (χ0v) is 17.8. The van der Waals surface area contributed by atoms with Crippen molar-refractivity contribution in [3.05, 3.63) is 83.2 Å². The largest absolute Gasteiger partial charge is 0.481 e. The number of methoxy groups -OCH3 is 2. The van der Waals surface area contributed by atoms with Gasteiger partial charge in [-0.1, -0.05) is 36.4 Å². The number of carbonyl (C=O) groups excluding carboxylic acids is 1. The van der Waals surface area contributed by atoms with Gasteiger partial charge in [0.2, 0.25) is 11.8 Å². The van der Waals surface area contributed by atoms with Crippen molar-refractivity contribution in [1.82, 2.24) is 15.3 Å². The van der Waals surface area contributed by atoms with Crippen LogP contribution in [0, 0.1) is 11.6 Å². The maximum atomic E-state index is 13.8. The molecular formula is C22H21F2N3O3S. The Kier molecular flexibility index (Phi) is 7.77. The van der Waals surface area contributed by atoms with E-state index in [0.717, 1.165) is 17.7 Å². The normalized spacial score (nSPS) is 11.6. The van der Waals surface area contributed by atoms with Crippen molar-refractivity contribution in [3.63, 3.8) is 0 Å². The molecule has 0 unspecified atom stereocenters. The molecule has 1 atom stereocenters. The molecule has 1 N–H and O–H groups in total. The molecule has 0 aliphatic carbocycles. The predicted molar refractivity (Wildman–Crippen MR) is 115 cm³/mol. The topological polar surface area (TPSA) is 73.3 Å². The first-order chi connectivity index (χ1) is 15.0. The van der Waals surface area contributed by atoms with Crippen LogP contribution in [-0.2, 0) is 0 Å². The van der Waals surface area contributed by atoms with Gasteiger partial charge in [0.15, 0.2) is 5.82 Å². The van der Waals surface area contributed by atoms with Gasteiger partial charge in [-0.2, -0.15) is 9.97 Å². The number of benzene rings is 2. The van der Waals surface area contributed by atoms with Crippen LogP contribution >= 0.6 is 11.8 Å². The first-order valence-corrected chi connectivity index (χ1v) is 10.4. The van der Waals surface area contributed by atoms with Crippen molar-refractivity contribution in [2.75, 3.05) is 26.5 Å². The fourth-order valence-corrected chi connectivity index (χ4v) is 3.90. The molecule has 162 valence electrons. The standard InChI is InChI=1S/C22H21F2N3O3S/c1-29-17-13-18(30-2)27-21(26-17)20(14-7-4-3-5-8-14)31-12-11-25-22(28)19-15(23)9-6-10-16(19)24/h3-10,13,20H,11-12H2,1-2H3,(H,25,28)/t20-/m1/s1. The van der Waals surface area contributed by atoms with Gasteiger partial charge in [0, 0.05) is 12.3 Å². The van der Waals surface area contributed by atoms with E-state index in [1.165, 1.54) is 32.0 Å². The van der Waals surface area contributed by atoms with Gasteiger partial charge in [-0.25, -0.2) is 8.78 Å². The Bertz CT molecular complexity index is 995. The van der Waals surface area contributed by atoms with Crippen LogP contribution in [0.15, 0.2) is 54.6 Å². The molecule has 0 radical (unpaired) electrons. The first kappa shape index (κ1) is 22.5. The van der Waals surface area contributed by atoms with E-state index < -0.39 is 23.1 Å². The smallest absolute Gasteiger partial charge is 0.257 e. The lowest BCUT2D eigenvalue weighted by molar-refractivity contribution is 0.0947. The second-order valence-electron chi connectivity index (χ2n) is 6.32. The summed E-state index contributed by atoms with van der Waals surface area (Å²) in [6.07, 6.45) is 0. The molecule has 0 fully saturated rings. The van der Waals surface area contributed by atoms with E-state index in [9.17, 15) is 13.6 Å². The monoisotopic (exact) mass is 445 g/mol. The van der Waals surface area contributed by atoms with Crippen LogP contribution in [0.25, 0.3) is 0 Å². The number of hydrogen-bond donors (Lipinski definition) is 1. The Labute approximate surface area is 183 Å². The van der Waals surface area contributed by atoms with E-state index in [4.69, 9.17) is 9.47 Å². The van der Waals surface area contributed by atoms with Crippen LogP contribution in [0.5, 0.6) is 11.8 Å². The summed E-state index contributed by atoms with van der Waals surface area (Å²) >= 11 is 1.47. The van der Waals surface area contributed by atoms with Crippen LogP contribution in [0.1, 0.15) is 27.0 Å². The minimum atomic E-state index is -0.899. The maximum Gasteiger partial charge on any atom is 0.257 e. The Hall–Kier alpha value is -3.20. The van der Waals surface area contributed by atoms with Crippen molar-refractivity contribution in [2.24, 2.45) is 0 Å². The average molecular weight is 445 g/mol. The Morgan fingerprint density at radius 2 is 1.61 bits per heavy atom. The fourth-order valence-electron chi connectivity index (χ4n) is 2.84. The van der Waals surface area contributed by atoms with E-state index in [1.807, 2.05) is 30.3 Å². The number of ether oxygens (including phenoxy) is 2. The number of amides is 1. The molecule has 6 nitrogen and oxygen atoms in total. The summed E-state index contributed by atoms with van der Waals surface area (Å²) in [6, 6.07) is 14.5. The van der Waals surface area contributed by atoms with Crippen LogP contribution in [0.3, 0.4) is 0 Å². The van der Waals surface area contributed by atoms with E-state index in [2.05, 4.69) is 15.3 Å². The summed E-state index contributed by atoms with van der Waals surface area (Å²) in [5.41, 5.74) is 0.363. The van der Waals surface area contributed by atoms with Crippen molar-refractivity contribution in [1.29, 1.82) is 0 Å². The highest BCUT2D eigenvalue weighted by atomic mass is 32.2. The summed E-state index contributed by atoms with van der Waals surface area (Å²) < 4.78 is 38.0. The number of thioether (sulfide) groups is 1. The number of carbonyl (C=O) groups is 1. The van der Waals surface area contributed by atoms with Crippen molar-refractivity contribution in [3.8, 4) is 11.8 Å². The zero-order valence-electron chi connectivity index (χ0n) is 17.0. The number of halogens is 2. The molecule has 2 aromatic carbocycles. The summed E-state index contributed by atoms with van der Waals surface area (Å²) in [6.45, 7) is 0.196. The van der Waals surface area contributed by atoms with Gasteiger partial charge in [0.1, 0.15) is 17.2 Å². The Morgan fingerprint density at radius 3 is 2.19 bits per heavy atom. The van der Waals surface area contributed by atoms with Crippen molar-refractivity contribution < 1.29 is 23.0 Å².